The summed E-state index contributed by atoms with van der Waals surface area (Å²) in [5.74, 6) is 2.05. The van der Waals surface area contributed by atoms with E-state index in [0.29, 0.717) is 12.5 Å². The number of ether oxygens (including phenoxy) is 2. The Morgan fingerprint density at radius 3 is 2.50 bits per heavy atom. The maximum absolute atomic E-state index is 5.87. The van der Waals surface area contributed by atoms with Crippen molar-refractivity contribution in [3.63, 3.8) is 0 Å². The van der Waals surface area contributed by atoms with Gasteiger partial charge in [-0.05, 0) is 43.7 Å². The van der Waals surface area contributed by atoms with Crippen molar-refractivity contribution in [3.8, 4) is 5.75 Å². The van der Waals surface area contributed by atoms with Gasteiger partial charge < -0.3 is 9.47 Å². The number of nitrogens with zero attached hydrogens (tertiary/aromatic N) is 1. The minimum Gasteiger partial charge on any atom is -0.496 e. The van der Waals surface area contributed by atoms with E-state index in [4.69, 9.17) is 14.5 Å². The molecule has 0 radical (unpaired) electrons. The van der Waals surface area contributed by atoms with E-state index in [0.717, 1.165) is 23.6 Å². The van der Waals surface area contributed by atoms with Gasteiger partial charge in [0.1, 0.15) is 12.4 Å². The van der Waals surface area contributed by atoms with Gasteiger partial charge in [-0.15, -0.1) is 0 Å². The van der Waals surface area contributed by atoms with Crippen molar-refractivity contribution in [1.82, 2.24) is 0 Å². The highest BCUT2D eigenvalue weighted by Gasteiger charge is 2.30. The van der Waals surface area contributed by atoms with Gasteiger partial charge in [-0.3, -0.25) is 0 Å². The Balaban J connectivity index is 2.47. The fourth-order valence-corrected chi connectivity index (χ4v) is 3.16. The van der Waals surface area contributed by atoms with Gasteiger partial charge in [0.25, 0.3) is 0 Å². The first-order valence-electron chi connectivity index (χ1n) is 8.03. The number of hydrogen-bond donors (Lipinski definition) is 0. The fraction of sp³-hybridized carbons (Fsp3) is 0.632. The molecule has 1 unspecified atom stereocenters. The Morgan fingerprint density at radius 1 is 1.32 bits per heavy atom. The summed E-state index contributed by atoms with van der Waals surface area (Å²) in [6.07, 6.45) is 1.08. The van der Waals surface area contributed by atoms with E-state index in [-0.39, 0.29) is 11.0 Å². The second kappa shape index (κ2) is 5.94. The highest BCUT2D eigenvalue weighted by atomic mass is 16.5. The van der Waals surface area contributed by atoms with Crippen molar-refractivity contribution in [2.24, 2.45) is 10.4 Å². The zero-order valence-corrected chi connectivity index (χ0v) is 15.0. The van der Waals surface area contributed by atoms with Gasteiger partial charge in [-0.25, -0.2) is 4.99 Å². The molecule has 0 bridgehead atoms. The van der Waals surface area contributed by atoms with E-state index in [1.165, 1.54) is 5.56 Å². The third kappa shape index (κ3) is 3.82. The summed E-state index contributed by atoms with van der Waals surface area (Å²) >= 11 is 0. The first-order chi connectivity index (χ1) is 10.1. The highest BCUT2D eigenvalue weighted by molar-refractivity contribution is 5.97. The summed E-state index contributed by atoms with van der Waals surface area (Å²) in [6.45, 7) is 13.9. The number of benzene rings is 1. The van der Waals surface area contributed by atoms with E-state index in [2.05, 4.69) is 47.6 Å². The van der Waals surface area contributed by atoms with Crippen LogP contribution in [0.2, 0.25) is 0 Å². The SMILES string of the molecule is COc1cccc(C2=NC(C)(C)CO2)c1C(C)CC(C)(C)C. The number of methoxy groups -OCH3 is 1. The van der Waals surface area contributed by atoms with Crippen LogP contribution in [0.1, 0.15) is 65.0 Å². The van der Waals surface area contributed by atoms with Crippen LogP contribution in [-0.4, -0.2) is 25.2 Å². The molecule has 0 N–H and O–H groups in total. The van der Waals surface area contributed by atoms with Crippen LogP contribution in [0.15, 0.2) is 23.2 Å². The maximum atomic E-state index is 5.87. The Hall–Kier alpha value is -1.51. The molecule has 0 saturated heterocycles. The molecular formula is C19H29NO2. The van der Waals surface area contributed by atoms with Gasteiger partial charge in [0.15, 0.2) is 0 Å². The van der Waals surface area contributed by atoms with E-state index in [1.54, 1.807) is 7.11 Å². The highest BCUT2D eigenvalue weighted by Crippen LogP contribution is 2.38. The summed E-state index contributed by atoms with van der Waals surface area (Å²) in [5, 5.41) is 0. The van der Waals surface area contributed by atoms with Crippen LogP contribution < -0.4 is 4.74 Å². The molecule has 0 fully saturated rings. The predicted molar refractivity (Wildman–Crippen MR) is 92.0 cm³/mol. The average Bonchev–Trinajstić information content (AvgIpc) is 2.76. The summed E-state index contributed by atoms with van der Waals surface area (Å²) in [6, 6.07) is 6.13. The number of hydrogen-bond acceptors (Lipinski definition) is 3. The largest absolute Gasteiger partial charge is 0.496 e. The molecule has 22 heavy (non-hydrogen) atoms. The fourth-order valence-electron chi connectivity index (χ4n) is 3.16. The Labute approximate surface area is 134 Å². The van der Waals surface area contributed by atoms with Gasteiger partial charge in [0, 0.05) is 11.1 Å². The van der Waals surface area contributed by atoms with E-state index < -0.39 is 0 Å². The topological polar surface area (TPSA) is 30.8 Å². The van der Waals surface area contributed by atoms with Crippen molar-refractivity contribution in [2.45, 2.75) is 59.4 Å². The maximum Gasteiger partial charge on any atom is 0.217 e. The van der Waals surface area contributed by atoms with Crippen molar-refractivity contribution in [2.75, 3.05) is 13.7 Å². The van der Waals surface area contributed by atoms with Gasteiger partial charge in [-0.2, -0.15) is 0 Å². The lowest BCUT2D eigenvalue weighted by atomic mass is 9.80. The normalized spacial score (nSPS) is 18.6. The lowest BCUT2D eigenvalue weighted by Crippen LogP contribution is -2.17. The molecule has 1 heterocycles. The van der Waals surface area contributed by atoms with Crippen LogP contribution in [0.5, 0.6) is 5.75 Å². The summed E-state index contributed by atoms with van der Waals surface area (Å²) in [4.78, 5) is 4.74. The molecule has 1 aliphatic rings. The van der Waals surface area contributed by atoms with Crippen molar-refractivity contribution < 1.29 is 9.47 Å². The van der Waals surface area contributed by atoms with Crippen molar-refractivity contribution in [3.05, 3.63) is 29.3 Å². The van der Waals surface area contributed by atoms with E-state index >= 15 is 0 Å². The zero-order chi connectivity index (χ0) is 16.5. The minimum atomic E-state index is -0.150. The van der Waals surface area contributed by atoms with Crippen LogP contribution in [0, 0.1) is 5.41 Å². The predicted octanol–water partition coefficient (Wildman–Crippen LogP) is 4.79. The summed E-state index contributed by atoms with van der Waals surface area (Å²) in [5.41, 5.74) is 2.39. The molecule has 0 saturated carbocycles. The molecule has 0 aromatic heterocycles. The van der Waals surface area contributed by atoms with Crippen molar-refractivity contribution >= 4 is 5.90 Å². The van der Waals surface area contributed by atoms with Gasteiger partial charge in [0.2, 0.25) is 5.90 Å². The lowest BCUT2D eigenvalue weighted by Gasteiger charge is -2.26. The molecule has 0 amide bonds. The second-order valence-electron chi connectivity index (χ2n) is 8.11. The molecule has 1 aromatic carbocycles. The van der Waals surface area contributed by atoms with Crippen LogP contribution >= 0.6 is 0 Å². The molecular weight excluding hydrogens is 274 g/mol. The Morgan fingerprint density at radius 2 is 2.00 bits per heavy atom. The molecule has 122 valence electrons. The van der Waals surface area contributed by atoms with Crippen LogP contribution in [0.25, 0.3) is 0 Å². The average molecular weight is 303 g/mol. The van der Waals surface area contributed by atoms with Gasteiger partial charge >= 0.3 is 0 Å². The quantitative estimate of drug-likeness (QED) is 0.800. The van der Waals surface area contributed by atoms with Crippen LogP contribution in [0.4, 0.5) is 0 Å². The van der Waals surface area contributed by atoms with Gasteiger partial charge in [-0.1, -0.05) is 33.8 Å². The van der Waals surface area contributed by atoms with E-state index in [9.17, 15) is 0 Å². The lowest BCUT2D eigenvalue weighted by molar-refractivity contribution is 0.279. The van der Waals surface area contributed by atoms with Crippen LogP contribution in [0.3, 0.4) is 0 Å². The van der Waals surface area contributed by atoms with Crippen molar-refractivity contribution in [1.29, 1.82) is 0 Å². The molecule has 3 nitrogen and oxygen atoms in total. The zero-order valence-electron chi connectivity index (χ0n) is 15.0. The van der Waals surface area contributed by atoms with E-state index in [1.807, 2.05) is 12.1 Å². The molecule has 1 aliphatic heterocycles. The minimum absolute atomic E-state index is 0.150. The first kappa shape index (κ1) is 16.9. The Kier molecular flexibility index (Phi) is 4.55. The molecule has 3 heteroatoms. The number of aliphatic imine (C=N–C) groups is 1. The third-order valence-corrected chi connectivity index (χ3v) is 3.89. The smallest absolute Gasteiger partial charge is 0.217 e. The molecule has 0 aliphatic carbocycles. The molecule has 1 aromatic rings. The van der Waals surface area contributed by atoms with Gasteiger partial charge in [0.05, 0.1) is 12.6 Å². The van der Waals surface area contributed by atoms with Crippen LogP contribution in [-0.2, 0) is 4.74 Å². The standard InChI is InChI=1S/C19H29NO2/c1-13(11-18(2,3)4)16-14(9-8-10-15(16)21-7)17-20-19(5,6)12-22-17/h8-10,13H,11-12H2,1-7H3. The Bertz CT molecular complexity index is 567. The third-order valence-electron chi connectivity index (χ3n) is 3.89. The molecule has 0 spiro atoms. The molecule has 1 atom stereocenters. The monoisotopic (exact) mass is 303 g/mol. The second-order valence-corrected chi connectivity index (χ2v) is 8.11. The first-order valence-corrected chi connectivity index (χ1v) is 8.03. The number of rotatable bonds is 4. The summed E-state index contributed by atoms with van der Waals surface area (Å²) in [7, 11) is 1.73. The summed E-state index contributed by atoms with van der Waals surface area (Å²) < 4.78 is 11.5. The molecule has 2 rings (SSSR count).